The fraction of sp³-hybridized carbons (Fsp3) is 0.0213. The van der Waals surface area contributed by atoms with Gasteiger partial charge >= 0.3 is 0 Å². The fourth-order valence-corrected chi connectivity index (χ4v) is 6.78. The molecule has 3 heterocycles. The van der Waals surface area contributed by atoms with Crippen molar-refractivity contribution in [1.82, 2.24) is 19.9 Å². The molecule has 0 amide bonds. The largest absolute Gasteiger partial charge is 0.251 e. The van der Waals surface area contributed by atoms with E-state index < -0.39 is 0 Å². The number of pyridine rings is 2. The van der Waals surface area contributed by atoms with Crippen LogP contribution in [0, 0.1) is 6.92 Å². The van der Waals surface area contributed by atoms with Crippen LogP contribution in [0.1, 0.15) is 5.69 Å². The van der Waals surface area contributed by atoms with Crippen LogP contribution in [0.2, 0.25) is 0 Å². The number of nitrogens with zero attached hydrogens (tertiary/aromatic N) is 4. The molecule has 9 rings (SSSR count). The maximum Gasteiger partial charge on any atom is 0.160 e. The lowest BCUT2D eigenvalue weighted by atomic mass is 9.98. The van der Waals surface area contributed by atoms with Crippen LogP contribution >= 0.6 is 0 Å². The third-order valence-corrected chi connectivity index (χ3v) is 9.35. The van der Waals surface area contributed by atoms with Gasteiger partial charge in [-0.25, -0.2) is 15.0 Å². The third-order valence-electron chi connectivity index (χ3n) is 9.35. The normalized spacial score (nSPS) is 11.2. The Labute approximate surface area is 296 Å². The quantitative estimate of drug-likeness (QED) is 0.168. The topological polar surface area (TPSA) is 51.6 Å². The summed E-state index contributed by atoms with van der Waals surface area (Å²) >= 11 is 0. The highest BCUT2D eigenvalue weighted by molar-refractivity contribution is 6.08. The summed E-state index contributed by atoms with van der Waals surface area (Å²) in [5.41, 5.74) is 14.2. The molecule has 0 aliphatic heterocycles. The van der Waals surface area contributed by atoms with Gasteiger partial charge in [0, 0.05) is 38.7 Å². The molecular weight excluding hydrogens is 621 g/mol. The molecule has 0 fully saturated rings. The van der Waals surface area contributed by atoms with Crippen molar-refractivity contribution in [2.24, 2.45) is 0 Å². The van der Waals surface area contributed by atoms with E-state index >= 15 is 0 Å². The summed E-state index contributed by atoms with van der Waals surface area (Å²) in [4.78, 5) is 20.3. The first-order valence-electron chi connectivity index (χ1n) is 17.1. The molecule has 3 aromatic heterocycles. The van der Waals surface area contributed by atoms with Gasteiger partial charge in [0.2, 0.25) is 0 Å². The average Bonchev–Trinajstić information content (AvgIpc) is 3.21. The number of fused-ring (bicyclic) bond motifs is 3. The lowest BCUT2D eigenvalue weighted by molar-refractivity contribution is 1.18. The van der Waals surface area contributed by atoms with Crippen LogP contribution in [0.15, 0.2) is 176 Å². The van der Waals surface area contributed by atoms with Crippen molar-refractivity contribution in [3.8, 4) is 67.4 Å². The predicted octanol–water partition coefficient (Wildman–Crippen LogP) is 11.9. The number of hydrogen-bond acceptors (Lipinski definition) is 4. The van der Waals surface area contributed by atoms with E-state index in [-0.39, 0.29) is 0 Å². The highest BCUT2D eigenvalue weighted by Gasteiger charge is 2.14. The van der Waals surface area contributed by atoms with E-state index in [9.17, 15) is 0 Å². The Morgan fingerprint density at radius 3 is 1.55 bits per heavy atom. The minimum atomic E-state index is 0.695. The van der Waals surface area contributed by atoms with Gasteiger partial charge < -0.3 is 0 Å². The maximum atomic E-state index is 5.19. The highest BCUT2D eigenvalue weighted by Crippen LogP contribution is 2.34. The summed E-state index contributed by atoms with van der Waals surface area (Å²) in [5, 5.41) is 2.18. The molecule has 6 aromatic carbocycles. The van der Waals surface area contributed by atoms with E-state index in [2.05, 4.69) is 140 Å². The van der Waals surface area contributed by atoms with E-state index in [1.165, 1.54) is 11.1 Å². The van der Waals surface area contributed by atoms with Crippen LogP contribution in [0.25, 0.3) is 89.2 Å². The molecule has 0 unspecified atom stereocenters. The van der Waals surface area contributed by atoms with Crippen molar-refractivity contribution in [3.05, 3.63) is 182 Å². The molecule has 0 aliphatic carbocycles. The first-order chi connectivity index (χ1) is 25.2. The van der Waals surface area contributed by atoms with Crippen LogP contribution in [-0.4, -0.2) is 19.9 Å². The molecule has 51 heavy (non-hydrogen) atoms. The van der Waals surface area contributed by atoms with Gasteiger partial charge in [0.1, 0.15) is 0 Å². The molecule has 0 saturated carbocycles. The molecule has 0 spiro atoms. The number of aromatic nitrogens is 4. The molecule has 4 nitrogen and oxygen atoms in total. The molecule has 9 aromatic rings. The van der Waals surface area contributed by atoms with Crippen molar-refractivity contribution in [2.75, 3.05) is 0 Å². The Balaban J connectivity index is 1.07. The first-order valence-corrected chi connectivity index (χ1v) is 17.1. The monoisotopic (exact) mass is 652 g/mol. The molecule has 0 atom stereocenters. The van der Waals surface area contributed by atoms with Crippen LogP contribution in [-0.2, 0) is 0 Å². The Kier molecular flexibility index (Phi) is 7.67. The standard InChI is InChI=1S/C47H32N4/c1-31-28-41(33-12-5-2-6-13-33)40-26-24-37-25-27-42(49-45(37)46(40)48-31)36-22-20-32(21-23-36)38-18-11-19-39(29-38)47-50-43(34-14-7-3-8-15-34)30-44(51-47)35-16-9-4-10-17-35/h2-30H,1H3. The van der Waals surface area contributed by atoms with Crippen molar-refractivity contribution in [3.63, 3.8) is 0 Å². The second kappa shape index (κ2) is 12.9. The fourth-order valence-electron chi connectivity index (χ4n) is 6.78. The van der Waals surface area contributed by atoms with E-state index in [4.69, 9.17) is 19.9 Å². The zero-order valence-corrected chi connectivity index (χ0v) is 28.0. The molecule has 4 heteroatoms. The van der Waals surface area contributed by atoms with Crippen molar-refractivity contribution in [1.29, 1.82) is 0 Å². The van der Waals surface area contributed by atoms with Crippen molar-refractivity contribution >= 4 is 21.8 Å². The number of hydrogen-bond donors (Lipinski definition) is 0. The predicted molar refractivity (Wildman–Crippen MR) is 210 cm³/mol. The Morgan fingerprint density at radius 1 is 0.333 bits per heavy atom. The van der Waals surface area contributed by atoms with Crippen LogP contribution in [0.4, 0.5) is 0 Å². The minimum Gasteiger partial charge on any atom is -0.251 e. The smallest absolute Gasteiger partial charge is 0.160 e. The molecule has 240 valence electrons. The first kappa shape index (κ1) is 30.3. The number of aryl methyl sites for hydroxylation is 1. The summed E-state index contributed by atoms with van der Waals surface area (Å²) < 4.78 is 0. The third kappa shape index (κ3) is 5.94. The lowest BCUT2D eigenvalue weighted by Gasteiger charge is -2.12. The van der Waals surface area contributed by atoms with Gasteiger partial charge in [-0.2, -0.15) is 0 Å². The molecule has 0 radical (unpaired) electrons. The Hall–Kier alpha value is -6.78. The molecule has 0 bridgehead atoms. The summed E-state index contributed by atoms with van der Waals surface area (Å²) in [5.74, 6) is 0.695. The second-order valence-electron chi connectivity index (χ2n) is 12.8. The van der Waals surface area contributed by atoms with Gasteiger partial charge in [0.05, 0.1) is 28.1 Å². The summed E-state index contributed by atoms with van der Waals surface area (Å²) in [6.07, 6.45) is 0. The maximum absolute atomic E-state index is 5.19. The van der Waals surface area contributed by atoms with E-state index in [0.29, 0.717) is 5.82 Å². The summed E-state index contributed by atoms with van der Waals surface area (Å²) in [6.45, 7) is 2.05. The van der Waals surface area contributed by atoms with Crippen molar-refractivity contribution in [2.45, 2.75) is 6.92 Å². The zero-order chi connectivity index (χ0) is 34.1. The lowest BCUT2D eigenvalue weighted by Crippen LogP contribution is -1.96. The van der Waals surface area contributed by atoms with E-state index in [1.807, 2.05) is 42.5 Å². The van der Waals surface area contributed by atoms with E-state index in [1.54, 1.807) is 0 Å². The Morgan fingerprint density at radius 2 is 0.882 bits per heavy atom. The number of benzene rings is 6. The van der Waals surface area contributed by atoms with Gasteiger partial charge in [-0.15, -0.1) is 0 Å². The molecular formula is C47H32N4. The highest BCUT2D eigenvalue weighted by atomic mass is 14.9. The average molecular weight is 653 g/mol. The molecule has 0 saturated heterocycles. The van der Waals surface area contributed by atoms with Gasteiger partial charge in [-0.3, -0.25) is 4.98 Å². The van der Waals surface area contributed by atoms with Gasteiger partial charge in [0.25, 0.3) is 0 Å². The van der Waals surface area contributed by atoms with Gasteiger partial charge in [-0.05, 0) is 53.4 Å². The van der Waals surface area contributed by atoms with Crippen LogP contribution < -0.4 is 0 Å². The van der Waals surface area contributed by atoms with Crippen LogP contribution in [0.3, 0.4) is 0 Å². The van der Waals surface area contributed by atoms with E-state index in [0.717, 1.165) is 78.0 Å². The SMILES string of the molecule is Cc1cc(-c2ccccc2)c2ccc3ccc(-c4ccc(-c5cccc(-c6nc(-c7ccccc7)cc(-c7ccccc7)n6)c5)cc4)nc3c2n1. The Bertz CT molecular complexity index is 2610. The minimum absolute atomic E-state index is 0.695. The van der Waals surface area contributed by atoms with Crippen molar-refractivity contribution < 1.29 is 0 Å². The zero-order valence-electron chi connectivity index (χ0n) is 28.0. The summed E-state index contributed by atoms with van der Waals surface area (Å²) in [7, 11) is 0. The molecule has 0 N–H and O–H groups in total. The van der Waals surface area contributed by atoms with Crippen LogP contribution in [0.5, 0.6) is 0 Å². The molecule has 0 aliphatic rings. The van der Waals surface area contributed by atoms with Gasteiger partial charge in [0.15, 0.2) is 5.82 Å². The second-order valence-corrected chi connectivity index (χ2v) is 12.8. The number of rotatable bonds is 6. The van der Waals surface area contributed by atoms with Gasteiger partial charge in [-0.1, -0.05) is 152 Å². The summed E-state index contributed by atoms with van der Waals surface area (Å²) in [6, 6.07) is 60.9.